The third-order valence-electron chi connectivity index (χ3n) is 4.02. The number of carbonyl (C=O) groups is 1. The van der Waals surface area contributed by atoms with Gasteiger partial charge in [0.25, 0.3) is 0 Å². The zero-order valence-corrected chi connectivity index (χ0v) is 18.1. The molecule has 2 aromatic rings. The molecular formula is C20H26N2O4S2. The van der Waals surface area contributed by atoms with E-state index in [4.69, 9.17) is 4.74 Å². The number of hydrogen-bond donors (Lipinski definition) is 1. The topological polar surface area (TPSA) is 75.7 Å². The summed E-state index contributed by atoms with van der Waals surface area (Å²) in [6.45, 7) is 3.77. The van der Waals surface area contributed by atoms with Gasteiger partial charge < -0.3 is 10.1 Å². The van der Waals surface area contributed by atoms with Crippen LogP contribution >= 0.6 is 11.8 Å². The summed E-state index contributed by atoms with van der Waals surface area (Å²) in [5.74, 6) is 0.371. The summed E-state index contributed by atoms with van der Waals surface area (Å²) in [4.78, 5) is 13.4. The van der Waals surface area contributed by atoms with Crippen LogP contribution in [-0.2, 0) is 14.8 Å². The molecule has 0 bridgehead atoms. The maximum absolute atomic E-state index is 12.4. The van der Waals surface area contributed by atoms with Crippen molar-refractivity contribution in [3.63, 3.8) is 0 Å². The first-order valence-corrected chi connectivity index (χ1v) is 11.9. The van der Waals surface area contributed by atoms with Gasteiger partial charge in [0.15, 0.2) is 0 Å². The van der Waals surface area contributed by atoms with Crippen molar-refractivity contribution in [3.05, 3.63) is 54.1 Å². The van der Waals surface area contributed by atoms with Gasteiger partial charge in [0.05, 0.1) is 18.0 Å². The van der Waals surface area contributed by atoms with E-state index >= 15 is 0 Å². The number of anilines is 1. The molecule has 2 aromatic carbocycles. The summed E-state index contributed by atoms with van der Waals surface area (Å²) in [6.07, 6.45) is 3.00. The van der Waals surface area contributed by atoms with Crippen LogP contribution in [0, 0.1) is 6.92 Å². The third-order valence-corrected chi connectivity index (χ3v) is 5.88. The third kappa shape index (κ3) is 6.45. The molecule has 8 heteroatoms. The summed E-state index contributed by atoms with van der Waals surface area (Å²) in [5.41, 5.74) is 1.48. The van der Waals surface area contributed by atoms with E-state index in [0.717, 1.165) is 26.8 Å². The first-order valence-electron chi connectivity index (χ1n) is 8.80. The SMILES string of the molecule is CSc1cccc(N(CC(=O)N[C@@H](C)COc2ccccc2C)S(C)(=O)=O)c1. The smallest absolute Gasteiger partial charge is 0.241 e. The second-order valence-corrected chi connectivity index (χ2v) is 9.30. The zero-order valence-electron chi connectivity index (χ0n) is 16.5. The van der Waals surface area contributed by atoms with E-state index in [0.29, 0.717) is 5.69 Å². The van der Waals surface area contributed by atoms with E-state index in [2.05, 4.69) is 5.32 Å². The summed E-state index contributed by atoms with van der Waals surface area (Å²) >= 11 is 1.51. The van der Waals surface area contributed by atoms with Gasteiger partial charge in [-0.15, -0.1) is 11.8 Å². The van der Waals surface area contributed by atoms with Gasteiger partial charge in [0.2, 0.25) is 15.9 Å². The van der Waals surface area contributed by atoms with Gasteiger partial charge in [0, 0.05) is 4.90 Å². The number of nitrogens with zero attached hydrogens (tertiary/aromatic N) is 1. The Morgan fingerprint density at radius 2 is 1.93 bits per heavy atom. The molecule has 0 aliphatic rings. The Labute approximate surface area is 171 Å². The molecule has 6 nitrogen and oxygen atoms in total. The highest BCUT2D eigenvalue weighted by atomic mass is 32.2. The molecule has 0 saturated heterocycles. The lowest BCUT2D eigenvalue weighted by Crippen LogP contribution is -2.44. The average Bonchev–Trinajstić information content (AvgIpc) is 2.64. The largest absolute Gasteiger partial charge is 0.491 e. The zero-order chi connectivity index (χ0) is 20.7. The van der Waals surface area contributed by atoms with Crippen LogP contribution < -0.4 is 14.4 Å². The highest BCUT2D eigenvalue weighted by Gasteiger charge is 2.22. The second kappa shape index (κ2) is 9.84. The van der Waals surface area contributed by atoms with Crippen LogP contribution in [0.25, 0.3) is 0 Å². The molecule has 28 heavy (non-hydrogen) atoms. The highest BCUT2D eigenvalue weighted by molar-refractivity contribution is 7.98. The Balaban J connectivity index is 2.00. The normalized spacial score (nSPS) is 12.3. The van der Waals surface area contributed by atoms with Crippen LogP contribution in [0.3, 0.4) is 0 Å². The average molecular weight is 423 g/mol. The molecule has 1 amide bonds. The molecule has 0 fully saturated rings. The number of para-hydroxylation sites is 1. The second-order valence-electron chi connectivity index (χ2n) is 6.52. The molecule has 0 aliphatic heterocycles. The van der Waals surface area contributed by atoms with Gasteiger partial charge in [0.1, 0.15) is 18.9 Å². The molecule has 1 N–H and O–H groups in total. The fourth-order valence-electron chi connectivity index (χ4n) is 2.59. The molecular weight excluding hydrogens is 396 g/mol. The van der Waals surface area contributed by atoms with E-state index in [1.807, 2.05) is 50.4 Å². The summed E-state index contributed by atoms with van der Waals surface area (Å²) in [5, 5.41) is 2.80. The number of thioether (sulfide) groups is 1. The Kier molecular flexibility index (Phi) is 7.77. The molecule has 0 unspecified atom stereocenters. The minimum atomic E-state index is -3.60. The number of hydrogen-bond acceptors (Lipinski definition) is 5. The number of ether oxygens (including phenoxy) is 1. The van der Waals surface area contributed by atoms with E-state index in [1.165, 1.54) is 11.8 Å². The predicted molar refractivity (Wildman–Crippen MR) is 115 cm³/mol. The maximum Gasteiger partial charge on any atom is 0.241 e. The van der Waals surface area contributed by atoms with Crippen LogP contribution in [0.5, 0.6) is 5.75 Å². The number of nitrogens with one attached hydrogen (secondary N) is 1. The number of rotatable bonds is 9. The van der Waals surface area contributed by atoms with Crippen molar-refractivity contribution in [2.75, 3.05) is 30.0 Å². The van der Waals surface area contributed by atoms with Crippen LogP contribution in [0.1, 0.15) is 12.5 Å². The van der Waals surface area contributed by atoms with E-state index in [9.17, 15) is 13.2 Å². The van der Waals surface area contributed by atoms with Gasteiger partial charge in [-0.25, -0.2) is 8.42 Å². The number of aryl methyl sites for hydroxylation is 1. The molecule has 0 heterocycles. The number of amides is 1. The maximum atomic E-state index is 12.4. The molecule has 0 saturated carbocycles. The van der Waals surface area contributed by atoms with Crippen LogP contribution in [0.4, 0.5) is 5.69 Å². The van der Waals surface area contributed by atoms with E-state index in [1.54, 1.807) is 18.2 Å². The highest BCUT2D eigenvalue weighted by Crippen LogP contribution is 2.23. The monoisotopic (exact) mass is 422 g/mol. The molecule has 2 rings (SSSR count). The molecule has 0 aromatic heterocycles. The summed E-state index contributed by atoms with van der Waals surface area (Å²) < 4.78 is 31.3. The molecule has 0 aliphatic carbocycles. The first-order chi connectivity index (χ1) is 13.2. The van der Waals surface area contributed by atoms with Crippen molar-refractivity contribution >= 4 is 33.4 Å². The van der Waals surface area contributed by atoms with Crippen molar-refractivity contribution < 1.29 is 17.9 Å². The van der Waals surface area contributed by atoms with Gasteiger partial charge in [-0.2, -0.15) is 0 Å². The fourth-order valence-corrected chi connectivity index (χ4v) is 3.89. The Hall–Kier alpha value is -2.19. The van der Waals surface area contributed by atoms with Crippen molar-refractivity contribution in [1.82, 2.24) is 5.32 Å². The van der Waals surface area contributed by atoms with E-state index in [-0.39, 0.29) is 25.1 Å². The lowest BCUT2D eigenvalue weighted by Gasteiger charge is -2.23. The van der Waals surface area contributed by atoms with E-state index < -0.39 is 10.0 Å². The standard InChI is InChI=1S/C20H26N2O4S2/c1-15-8-5-6-11-19(15)26-14-16(2)21-20(23)13-22(28(4,24)25)17-9-7-10-18(12-17)27-3/h5-12,16H,13-14H2,1-4H3,(H,21,23)/t16-/m0/s1. The van der Waals surface area contributed by atoms with Crippen molar-refractivity contribution in [2.45, 2.75) is 24.8 Å². The van der Waals surface area contributed by atoms with Gasteiger partial charge in [-0.3, -0.25) is 9.10 Å². The number of sulfonamides is 1. The molecule has 0 radical (unpaired) electrons. The van der Waals surface area contributed by atoms with Crippen molar-refractivity contribution in [3.8, 4) is 5.75 Å². The van der Waals surface area contributed by atoms with Crippen LogP contribution in [0.15, 0.2) is 53.4 Å². The lowest BCUT2D eigenvalue weighted by atomic mass is 10.2. The van der Waals surface area contributed by atoms with Crippen LogP contribution in [-0.4, -0.2) is 46.0 Å². The molecule has 0 spiro atoms. The Morgan fingerprint density at radius 3 is 2.57 bits per heavy atom. The minimum absolute atomic E-state index is 0.272. The summed E-state index contributed by atoms with van der Waals surface area (Å²) in [6, 6.07) is 14.5. The van der Waals surface area contributed by atoms with Gasteiger partial charge >= 0.3 is 0 Å². The number of benzene rings is 2. The van der Waals surface area contributed by atoms with Crippen molar-refractivity contribution in [2.24, 2.45) is 0 Å². The van der Waals surface area contributed by atoms with Crippen LogP contribution in [0.2, 0.25) is 0 Å². The van der Waals surface area contributed by atoms with Gasteiger partial charge in [-0.1, -0.05) is 24.3 Å². The quantitative estimate of drug-likeness (QED) is 0.629. The Morgan fingerprint density at radius 1 is 1.21 bits per heavy atom. The first kappa shape index (κ1) is 22.1. The van der Waals surface area contributed by atoms with Crippen molar-refractivity contribution in [1.29, 1.82) is 0 Å². The molecule has 1 atom stereocenters. The summed E-state index contributed by atoms with van der Waals surface area (Å²) in [7, 11) is -3.60. The Bertz CT molecular complexity index is 916. The lowest BCUT2D eigenvalue weighted by molar-refractivity contribution is -0.120. The fraction of sp³-hybridized carbons (Fsp3) is 0.350. The predicted octanol–water partition coefficient (Wildman–Crippen LogP) is 3.07. The van der Waals surface area contributed by atoms with Gasteiger partial charge in [-0.05, 0) is 49.9 Å². The molecule has 152 valence electrons. The minimum Gasteiger partial charge on any atom is -0.491 e. The number of carbonyl (C=O) groups excluding carboxylic acids is 1.